The van der Waals surface area contributed by atoms with Crippen molar-refractivity contribution in [3.05, 3.63) is 18.2 Å². The molecule has 1 aromatic rings. The average molecular weight is 252 g/mol. The molecule has 102 valence electrons. The molecular weight excluding hydrogens is 228 g/mol. The van der Waals surface area contributed by atoms with Gasteiger partial charge in [-0.05, 0) is 25.7 Å². The van der Waals surface area contributed by atoms with E-state index in [9.17, 15) is 4.79 Å². The van der Waals surface area contributed by atoms with Crippen LogP contribution in [0.4, 0.5) is 0 Å². The minimum atomic E-state index is -0.109. The fourth-order valence-electron chi connectivity index (χ4n) is 1.70. The molecule has 5 nitrogen and oxygen atoms in total. The van der Waals surface area contributed by atoms with E-state index in [4.69, 9.17) is 5.73 Å². The maximum absolute atomic E-state index is 11.9. The van der Waals surface area contributed by atoms with Gasteiger partial charge in [0.1, 0.15) is 5.69 Å². The van der Waals surface area contributed by atoms with Crippen LogP contribution in [-0.2, 0) is 6.54 Å². The standard InChI is InChI=1S/C13H24N4O/c1-10(2)4-5-11(3)16-13(18)12-8-17(7-6-14)9-15-12/h8-11H,4-7,14H2,1-3H3,(H,16,18). The van der Waals surface area contributed by atoms with Gasteiger partial charge >= 0.3 is 0 Å². The molecule has 0 aromatic carbocycles. The summed E-state index contributed by atoms with van der Waals surface area (Å²) in [6.45, 7) is 7.62. The van der Waals surface area contributed by atoms with E-state index in [2.05, 4.69) is 24.1 Å². The number of carbonyl (C=O) groups is 1. The average Bonchev–Trinajstić information content (AvgIpc) is 2.75. The van der Waals surface area contributed by atoms with Crippen LogP contribution in [0.15, 0.2) is 12.5 Å². The number of nitrogens with two attached hydrogens (primary N) is 1. The van der Waals surface area contributed by atoms with E-state index in [0.717, 1.165) is 12.8 Å². The monoisotopic (exact) mass is 252 g/mol. The van der Waals surface area contributed by atoms with Crippen LogP contribution in [-0.4, -0.2) is 28.0 Å². The predicted molar refractivity (Wildman–Crippen MR) is 72.3 cm³/mol. The van der Waals surface area contributed by atoms with Crippen LogP contribution < -0.4 is 11.1 Å². The first-order valence-electron chi connectivity index (χ1n) is 6.55. The summed E-state index contributed by atoms with van der Waals surface area (Å²) in [5, 5.41) is 2.96. The summed E-state index contributed by atoms with van der Waals surface area (Å²) in [4.78, 5) is 16.0. The van der Waals surface area contributed by atoms with E-state index in [1.807, 2.05) is 11.5 Å². The number of rotatable bonds is 7. The van der Waals surface area contributed by atoms with Crippen molar-refractivity contribution in [2.75, 3.05) is 6.54 Å². The summed E-state index contributed by atoms with van der Waals surface area (Å²) in [6.07, 6.45) is 5.48. The topological polar surface area (TPSA) is 72.9 Å². The highest BCUT2D eigenvalue weighted by Crippen LogP contribution is 2.07. The Balaban J connectivity index is 2.43. The molecule has 1 aromatic heterocycles. The molecule has 3 N–H and O–H groups in total. The first-order valence-corrected chi connectivity index (χ1v) is 6.55. The molecule has 0 bridgehead atoms. The number of amides is 1. The molecule has 1 amide bonds. The van der Waals surface area contributed by atoms with Crippen molar-refractivity contribution in [2.24, 2.45) is 11.7 Å². The van der Waals surface area contributed by atoms with E-state index in [1.54, 1.807) is 12.5 Å². The van der Waals surface area contributed by atoms with Gasteiger partial charge in [0.15, 0.2) is 0 Å². The lowest BCUT2D eigenvalue weighted by atomic mass is 10.0. The summed E-state index contributed by atoms with van der Waals surface area (Å²) >= 11 is 0. The molecule has 1 unspecified atom stereocenters. The van der Waals surface area contributed by atoms with Crippen LogP contribution in [0.5, 0.6) is 0 Å². The van der Waals surface area contributed by atoms with Crippen molar-refractivity contribution >= 4 is 5.91 Å². The number of imidazole rings is 1. The van der Waals surface area contributed by atoms with Gasteiger partial charge in [-0.1, -0.05) is 13.8 Å². The zero-order chi connectivity index (χ0) is 13.5. The molecule has 0 aliphatic rings. The highest BCUT2D eigenvalue weighted by molar-refractivity contribution is 5.92. The molecular formula is C13H24N4O. The first kappa shape index (κ1) is 14.7. The Kier molecular flexibility index (Phi) is 5.85. The molecule has 0 saturated carbocycles. The van der Waals surface area contributed by atoms with Gasteiger partial charge in [0.05, 0.1) is 6.33 Å². The van der Waals surface area contributed by atoms with Crippen LogP contribution >= 0.6 is 0 Å². The number of hydrogen-bond acceptors (Lipinski definition) is 3. The molecule has 0 aliphatic heterocycles. The fraction of sp³-hybridized carbons (Fsp3) is 0.692. The molecule has 0 saturated heterocycles. The van der Waals surface area contributed by atoms with Gasteiger partial charge in [0, 0.05) is 25.3 Å². The molecule has 0 radical (unpaired) electrons. The van der Waals surface area contributed by atoms with Gasteiger partial charge in [0.2, 0.25) is 0 Å². The lowest BCUT2D eigenvalue weighted by Gasteiger charge is -2.14. The van der Waals surface area contributed by atoms with Crippen molar-refractivity contribution in [1.82, 2.24) is 14.9 Å². The SMILES string of the molecule is CC(C)CCC(C)NC(=O)c1cn(CCN)cn1. The van der Waals surface area contributed by atoms with E-state index in [-0.39, 0.29) is 11.9 Å². The van der Waals surface area contributed by atoms with Gasteiger partial charge in [-0.3, -0.25) is 4.79 Å². The first-order chi connectivity index (χ1) is 8.52. The summed E-state index contributed by atoms with van der Waals surface area (Å²) in [5.41, 5.74) is 5.90. The highest BCUT2D eigenvalue weighted by Gasteiger charge is 2.12. The second-order valence-corrected chi connectivity index (χ2v) is 5.13. The fourth-order valence-corrected chi connectivity index (χ4v) is 1.70. The minimum absolute atomic E-state index is 0.109. The Morgan fingerprint density at radius 1 is 1.44 bits per heavy atom. The molecule has 0 spiro atoms. The maximum Gasteiger partial charge on any atom is 0.271 e. The lowest BCUT2D eigenvalue weighted by Crippen LogP contribution is -2.33. The number of nitrogens with one attached hydrogen (secondary N) is 1. The Hall–Kier alpha value is -1.36. The van der Waals surface area contributed by atoms with Crippen molar-refractivity contribution in [2.45, 2.75) is 46.2 Å². The third-order valence-electron chi connectivity index (χ3n) is 2.81. The summed E-state index contributed by atoms with van der Waals surface area (Å²) < 4.78 is 1.83. The summed E-state index contributed by atoms with van der Waals surface area (Å²) in [6, 6.07) is 0.180. The smallest absolute Gasteiger partial charge is 0.271 e. The zero-order valence-electron chi connectivity index (χ0n) is 11.5. The number of aromatic nitrogens is 2. The molecule has 1 rings (SSSR count). The Morgan fingerprint density at radius 3 is 2.78 bits per heavy atom. The Labute approximate surface area is 109 Å². The number of carbonyl (C=O) groups excluding carboxylic acids is 1. The lowest BCUT2D eigenvalue weighted by molar-refractivity contribution is 0.0932. The second-order valence-electron chi connectivity index (χ2n) is 5.13. The molecule has 0 aliphatic carbocycles. The highest BCUT2D eigenvalue weighted by atomic mass is 16.1. The van der Waals surface area contributed by atoms with Crippen molar-refractivity contribution < 1.29 is 4.79 Å². The van der Waals surface area contributed by atoms with E-state index in [0.29, 0.717) is 24.7 Å². The molecule has 18 heavy (non-hydrogen) atoms. The van der Waals surface area contributed by atoms with Gasteiger partial charge in [0.25, 0.3) is 5.91 Å². The van der Waals surface area contributed by atoms with Crippen molar-refractivity contribution in [3.63, 3.8) is 0 Å². The van der Waals surface area contributed by atoms with Crippen LogP contribution in [0.1, 0.15) is 44.1 Å². The minimum Gasteiger partial charge on any atom is -0.348 e. The predicted octanol–water partition coefficient (Wildman–Crippen LogP) is 1.40. The van der Waals surface area contributed by atoms with Gasteiger partial charge in [-0.2, -0.15) is 0 Å². The van der Waals surface area contributed by atoms with Crippen molar-refractivity contribution in [1.29, 1.82) is 0 Å². The molecule has 5 heteroatoms. The van der Waals surface area contributed by atoms with Crippen LogP contribution in [0.3, 0.4) is 0 Å². The zero-order valence-corrected chi connectivity index (χ0v) is 11.5. The maximum atomic E-state index is 11.9. The van der Waals surface area contributed by atoms with E-state index < -0.39 is 0 Å². The Morgan fingerprint density at radius 2 is 2.17 bits per heavy atom. The normalized spacial score (nSPS) is 12.7. The molecule has 0 fully saturated rings. The molecule has 1 heterocycles. The number of nitrogens with zero attached hydrogens (tertiary/aromatic N) is 2. The molecule has 1 atom stereocenters. The van der Waals surface area contributed by atoms with E-state index in [1.165, 1.54) is 0 Å². The summed E-state index contributed by atoms with van der Waals surface area (Å²) in [5.74, 6) is 0.551. The van der Waals surface area contributed by atoms with Gasteiger partial charge in [-0.25, -0.2) is 4.98 Å². The van der Waals surface area contributed by atoms with Crippen LogP contribution in [0.25, 0.3) is 0 Å². The quantitative estimate of drug-likeness (QED) is 0.770. The Bertz CT molecular complexity index is 373. The van der Waals surface area contributed by atoms with Crippen molar-refractivity contribution in [3.8, 4) is 0 Å². The number of hydrogen-bond donors (Lipinski definition) is 2. The van der Waals surface area contributed by atoms with Gasteiger partial charge < -0.3 is 15.6 Å². The third kappa shape index (κ3) is 4.87. The van der Waals surface area contributed by atoms with E-state index >= 15 is 0 Å². The summed E-state index contributed by atoms with van der Waals surface area (Å²) in [7, 11) is 0. The van der Waals surface area contributed by atoms with Gasteiger partial charge in [-0.15, -0.1) is 0 Å². The second kappa shape index (κ2) is 7.16. The van der Waals surface area contributed by atoms with Crippen LogP contribution in [0, 0.1) is 5.92 Å². The van der Waals surface area contributed by atoms with Crippen LogP contribution in [0.2, 0.25) is 0 Å². The largest absolute Gasteiger partial charge is 0.348 e. The third-order valence-corrected chi connectivity index (χ3v) is 2.81.